The number of aromatic carboxylic acids is 3. The van der Waals surface area contributed by atoms with Crippen LogP contribution < -0.4 is 14.2 Å². The third-order valence-corrected chi connectivity index (χ3v) is 11.0. The molecule has 52 heavy (non-hydrogen) atoms. The van der Waals surface area contributed by atoms with E-state index >= 15 is 0 Å². The Morgan fingerprint density at radius 2 is 0.808 bits per heavy atom. The van der Waals surface area contributed by atoms with E-state index < -0.39 is 62.7 Å². The molecule has 0 aliphatic rings. The summed E-state index contributed by atoms with van der Waals surface area (Å²) in [5.41, 5.74) is -1.13. The molecule has 0 aromatic heterocycles. The van der Waals surface area contributed by atoms with Gasteiger partial charge in [0, 0.05) is 22.4 Å². The van der Waals surface area contributed by atoms with Crippen LogP contribution in [0.5, 0.6) is 0 Å². The van der Waals surface area contributed by atoms with Crippen molar-refractivity contribution in [3.8, 4) is 0 Å². The molecule has 0 aliphatic carbocycles. The van der Waals surface area contributed by atoms with Gasteiger partial charge < -0.3 is 15.3 Å². The Morgan fingerprint density at radius 1 is 0.442 bits per heavy atom. The number of anilines is 3. The first-order valence-electron chi connectivity index (χ1n) is 13.6. The van der Waals surface area contributed by atoms with Gasteiger partial charge in [-0.05, 0) is 84.2 Å². The fourth-order valence-electron chi connectivity index (χ4n) is 4.62. The molecule has 0 spiro atoms. The Labute approximate surface area is 363 Å². The SMILES string of the molecule is O=C(O)c1cccc(NS(=O)(=O)c2ccc3c(S(=O)(=O)Nc4cccc(C(=O)O)c4)cc(S(=O)(=O)Nc4cccc(C(=O)O)c4)cc3c2)c1.[NaH].[NaH].[NaH]. The van der Waals surface area contributed by atoms with Crippen molar-refractivity contribution in [1.29, 1.82) is 0 Å². The Kier molecular flexibility index (Phi) is 15.5. The van der Waals surface area contributed by atoms with Gasteiger partial charge in [0.25, 0.3) is 30.1 Å². The summed E-state index contributed by atoms with van der Waals surface area (Å²) >= 11 is 0. The van der Waals surface area contributed by atoms with Gasteiger partial charge in [-0.3, -0.25) is 14.2 Å². The summed E-state index contributed by atoms with van der Waals surface area (Å²) < 4.78 is 87.9. The van der Waals surface area contributed by atoms with E-state index in [-0.39, 0.29) is 133 Å². The summed E-state index contributed by atoms with van der Waals surface area (Å²) in [5.74, 6) is -3.98. The van der Waals surface area contributed by atoms with Gasteiger partial charge in [-0.25, -0.2) is 39.6 Å². The molecule has 0 amide bonds. The third kappa shape index (κ3) is 10.6. The molecule has 5 aromatic carbocycles. The number of benzene rings is 5. The Bertz CT molecular complexity index is 2530. The molecular formula is C31H26N3Na3O12S3. The molecule has 5 aromatic rings. The first-order chi connectivity index (χ1) is 22.9. The quantitative estimate of drug-likeness (QED) is 0.0997. The summed E-state index contributed by atoms with van der Waals surface area (Å²) in [6.07, 6.45) is 0. The molecule has 0 aliphatic heterocycles. The summed E-state index contributed by atoms with van der Waals surface area (Å²) in [6.45, 7) is 0. The van der Waals surface area contributed by atoms with Crippen LogP contribution >= 0.6 is 0 Å². The summed E-state index contributed by atoms with van der Waals surface area (Å²) in [4.78, 5) is 32.5. The number of hydrogen-bond donors (Lipinski definition) is 6. The van der Waals surface area contributed by atoms with Crippen LogP contribution in [0, 0.1) is 0 Å². The van der Waals surface area contributed by atoms with Gasteiger partial charge in [-0.1, -0.05) is 24.3 Å². The molecule has 5 rings (SSSR count). The molecule has 15 nitrogen and oxygen atoms in total. The fraction of sp³-hybridized carbons (Fsp3) is 0. The predicted octanol–water partition coefficient (Wildman–Crippen LogP) is 2.39. The van der Waals surface area contributed by atoms with Crippen molar-refractivity contribution in [2.45, 2.75) is 14.7 Å². The minimum absolute atomic E-state index is 0. The van der Waals surface area contributed by atoms with E-state index in [1.54, 1.807) is 0 Å². The van der Waals surface area contributed by atoms with E-state index in [1.165, 1.54) is 54.6 Å². The van der Waals surface area contributed by atoms with Gasteiger partial charge in [-0.15, -0.1) is 0 Å². The van der Waals surface area contributed by atoms with Crippen LogP contribution in [0.2, 0.25) is 0 Å². The van der Waals surface area contributed by atoms with Crippen LogP contribution in [0.3, 0.4) is 0 Å². The van der Waals surface area contributed by atoms with Gasteiger partial charge in [0.1, 0.15) is 0 Å². The number of hydrogen-bond acceptors (Lipinski definition) is 9. The molecular weight excluding hydrogens is 772 g/mol. The molecule has 0 bridgehead atoms. The minimum atomic E-state index is -4.70. The number of carboxylic acid groups (broad SMARTS) is 3. The van der Waals surface area contributed by atoms with Gasteiger partial charge >= 0.3 is 107 Å². The molecule has 0 saturated heterocycles. The second-order valence-corrected chi connectivity index (χ2v) is 15.3. The van der Waals surface area contributed by atoms with Gasteiger partial charge in [-0.2, -0.15) is 0 Å². The topological polar surface area (TPSA) is 250 Å². The third-order valence-electron chi connectivity index (χ3n) is 6.85. The summed E-state index contributed by atoms with van der Waals surface area (Å²) in [5, 5.41) is 27.6. The fourth-order valence-corrected chi connectivity index (χ4v) is 8.19. The van der Waals surface area contributed by atoms with Gasteiger partial charge in [0.2, 0.25) is 0 Å². The monoisotopic (exact) mass is 797 g/mol. The second-order valence-electron chi connectivity index (χ2n) is 10.3. The summed E-state index contributed by atoms with van der Waals surface area (Å²) in [7, 11) is -13.8. The van der Waals surface area contributed by atoms with Gasteiger partial charge in [0.05, 0.1) is 31.4 Å². The van der Waals surface area contributed by atoms with Crippen LogP contribution in [0.4, 0.5) is 17.1 Å². The van der Waals surface area contributed by atoms with Crippen molar-refractivity contribution in [2.75, 3.05) is 14.2 Å². The van der Waals surface area contributed by atoms with Crippen molar-refractivity contribution in [3.05, 3.63) is 120 Å². The molecule has 0 atom stereocenters. The molecule has 0 heterocycles. The molecule has 0 unspecified atom stereocenters. The van der Waals surface area contributed by atoms with Crippen LogP contribution in [0.1, 0.15) is 31.1 Å². The number of carbonyl (C=O) groups is 3. The Balaban J connectivity index is 0.00000312. The van der Waals surface area contributed by atoms with Crippen molar-refractivity contribution >= 4 is 164 Å². The van der Waals surface area contributed by atoms with E-state index in [9.17, 15) is 55.0 Å². The Hall–Kier alpha value is -2.98. The summed E-state index contributed by atoms with van der Waals surface area (Å²) in [6, 6.07) is 19.5. The zero-order valence-corrected chi connectivity index (χ0v) is 27.0. The average molecular weight is 798 g/mol. The molecule has 0 saturated carbocycles. The number of sulfonamides is 3. The first kappa shape index (κ1) is 45.2. The van der Waals surface area contributed by atoms with E-state index in [2.05, 4.69) is 14.2 Å². The second kappa shape index (κ2) is 17.9. The predicted molar refractivity (Wildman–Crippen MR) is 198 cm³/mol. The zero-order valence-electron chi connectivity index (χ0n) is 24.6. The van der Waals surface area contributed by atoms with Crippen molar-refractivity contribution in [1.82, 2.24) is 0 Å². The molecule has 0 radical (unpaired) electrons. The van der Waals surface area contributed by atoms with Crippen LogP contribution in [0.15, 0.2) is 118 Å². The van der Waals surface area contributed by atoms with Crippen LogP contribution in [-0.4, -0.2) is 147 Å². The van der Waals surface area contributed by atoms with E-state index in [0.29, 0.717) is 0 Å². The van der Waals surface area contributed by atoms with E-state index in [4.69, 9.17) is 0 Å². The number of nitrogens with one attached hydrogen (secondary N) is 3. The molecule has 258 valence electrons. The average Bonchev–Trinajstić information content (AvgIpc) is 3.03. The number of fused-ring (bicyclic) bond motifs is 1. The Morgan fingerprint density at radius 3 is 1.21 bits per heavy atom. The molecule has 0 fully saturated rings. The van der Waals surface area contributed by atoms with Crippen molar-refractivity contribution < 1.29 is 55.0 Å². The normalized spacial score (nSPS) is 11.2. The first-order valence-corrected chi connectivity index (χ1v) is 18.1. The van der Waals surface area contributed by atoms with E-state index in [0.717, 1.165) is 48.5 Å². The van der Waals surface area contributed by atoms with Gasteiger partial charge in [0.15, 0.2) is 0 Å². The molecule has 21 heteroatoms. The number of carboxylic acids is 3. The standard InChI is InChI=1S/C31H23N3O12S3.3Na.3H/c35-29(36)18-4-1-7-22(12-18)32-47(41,42)25-10-11-27-21(15-25)16-26(48(43,44)33-23-8-2-5-19(13-23)30(37)38)17-28(27)49(45,46)34-24-9-3-6-20(14-24)31(39)40;;;;;;/h1-17,32-34H,(H,35,36)(H,37,38)(H,39,40);;;;;;. The van der Waals surface area contributed by atoms with E-state index in [1.807, 2.05) is 0 Å². The maximum atomic E-state index is 13.7. The zero-order chi connectivity index (χ0) is 35.7. The number of rotatable bonds is 12. The van der Waals surface area contributed by atoms with Crippen molar-refractivity contribution in [3.63, 3.8) is 0 Å². The molecule has 6 N–H and O–H groups in total. The van der Waals surface area contributed by atoms with Crippen molar-refractivity contribution in [2.24, 2.45) is 0 Å². The van der Waals surface area contributed by atoms with Crippen LogP contribution in [0.25, 0.3) is 10.8 Å². The maximum absolute atomic E-state index is 13.7. The van der Waals surface area contributed by atoms with Crippen LogP contribution in [-0.2, 0) is 30.1 Å².